The van der Waals surface area contributed by atoms with Crippen molar-refractivity contribution in [1.82, 2.24) is 14.5 Å². The van der Waals surface area contributed by atoms with Gasteiger partial charge in [-0.1, -0.05) is 43.3 Å². The fourth-order valence-corrected chi connectivity index (χ4v) is 5.46. The van der Waals surface area contributed by atoms with Gasteiger partial charge in [-0.15, -0.1) is 0 Å². The number of nitrogens with one attached hydrogen (secondary N) is 1. The normalized spacial score (nSPS) is 16.1. The molecule has 0 amide bonds. The molecule has 176 valence electrons. The first-order chi connectivity index (χ1) is 16.6. The SMILES string of the molecule is CCC(N1CCC(n2c(=O)[nH]c3cc(C)c(C)cc32)CC1)N(c1ccccc1)c1ccccc1. The maximum absolute atomic E-state index is 12.9. The Morgan fingerprint density at radius 1 is 0.912 bits per heavy atom. The molecule has 5 rings (SSSR count). The lowest BCUT2D eigenvalue weighted by molar-refractivity contribution is 0.134. The van der Waals surface area contributed by atoms with Crippen LogP contribution in [0.15, 0.2) is 77.6 Å². The number of aromatic amines is 1. The minimum Gasteiger partial charge on any atom is -0.325 e. The molecule has 34 heavy (non-hydrogen) atoms. The van der Waals surface area contributed by atoms with Crippen LogP contribution in [-0.4, -0.2) is 33.7 Å². The number of para-hydroxylation sites is 2. The van der Waals surface area contributed by atoms with E-state index in [9.17, 15) is 4.79 Å². The molecule has 1 aromatic heterocycles. The third-order valence-electron chi connectivity index (χ3n) is 7.35. The number of rotatable bonds is 6. The Hall–Kier alpha value is -3.31. The van der Waals surface area contributed by atoms with Crippen molar-refractivity contribution in [2.75, 3.05) is 18.0 Å². The molecule has 2 heterocycles. The Labute approximate surface area is 201 Å². The highest BCUT2D eigenvalue weighted by atomic mass is 16.1. The molecular formula is C29H34N4O. The number of nitrogens with zero attached hydrogens (tertiary/aromatic N) is 3. The summed E-state index contributed by atoms with van der Waals surface area (Å²) in [4.78, 5) is 21.0. The van der Waals surface area contributed by atoms with E-state index in [-0.39, 0.29) is 17.9 Å². The summed E-state index contributed by atoms with van der Waals surface area (Å²) < 4.78 is 2.01. The third-order valence-corrected chi connectivity index (χ3v) is 7.35. The van der Waals surface area contributed by atoms with E-state index < -0.39 is 0 Å². The predicted octanol–water partition coefficient (Wildman–Crippen LogP) is 6.16. The second-order valence-electron chi connectivity index (χ2n) is 9.45. The highest BCUT2D eigenvalue weighted by Crippen LogP contribution is 2.33. The lowest BCUT2D eigenvalue weighted by Gasteiger charge is -2.44. The van der Waals surface area contributed by atoms with E-state index in [0.29, 0.717) is 0 Å². The number of hydrogen-bond acceptors (Lipinski definition) is 3. The molecule has 1 aliphatic rings. The van der Waals surface area contributed by atoms with E-state index in [1.54, 1.807) is 0 Å². The van der Waals surface area contributed by atoms with Gasteiger partial charge in [0.05, 0.1) is 17.2 Å². The number of imidazole rings is 1. The molecule has 1 N–H and O–H groups in total. The third kappa shape index (κ3) is 4.16. The van der Waals surface area contributed by atoms with Gasteiger partial charge in [-0.3, -0.25) is 9.47 Å². The molecule has 1 saturated heterocycles. The van der Waals surface area contributed by atoms with Crippen molar-refractivity contribution in [3.8, 4) is 0 Å². The van der Waals surface area contributed by atoms with Crippen LogP contribution in [0.3, 0.4) is 0 Å². The molecule has 0 radical (unpaired) electrons. The average molecular weight is 455 g/mol. The van der Waals surface area contributed by atoms with E-state index in [1.165, 1.54) is 22.5 Å². The number of fused-ring (bicyclic) bond motifs is 1. The molecule has 4 aromatic rings. The van der Waals surface area contributed by atoms with Gasteiger partial charge in [0.1, 0.15) is 0 Å². The number of likely N-dealkylation sites (tertiary alicyclic amines) is 1. The van der Waals surface area contributed by atoms with Crippen molar-refractivity contribution < 1.29 is 0 Å². The van der Waals surface area contributed by atoms with E-state index >= 15 is 0 Å². The lowest BCUT2D eigenvalue weighted by Crippen LogP contribution is -2.50. The van der Waals surface area contributed by atoms with Gasteiger partial charge in [-0.25, -0.2) is 4.79 Å². The summed E-state index contributed by atoms with van der Waals surface area (Å²) in [5, 5.41) is 0. The first kappa shape index (κ1) is 22.5. The monoisotopic (exact) mass is 454 g/mol. The van der Waals surface area contributed by atoms with E-state index in [4.69, 9.17) is 0 Å². The molecule has 1 fully saturated rings. The number of hydrogen-bond donors (Lipinski definition) is 1. The van der Waals surface area contributed by atoms with Crippen molar-refractivity contribution in [3.63, 3.8) is 0 Å². The number of H-pyrrole nitrogens is 1. The summed E-state index contributed by atoms with van der Waals surface area (Å²) in [7, 11) is 0. The van der Waals surface area contributed by atoms with Gasteiger partial charge in [0.15, 0.2) is 0 Å². The summed E-state index contributed by atoms with van der Waals surface area (Å²) in [6, 6.07) is 25.8. The van der Waals surface area contributed by atoms with Gasteiger partial charge in [0.25, 0.3) is 0 Å². The molecule has 1 atom stereocenters. The van der Waals surface area contributed by atoms with Crippen LogP contribution in [0.5, 0.6) is 0 Å². The van der Waals surface area contributed by atoms with Gasteiger partial charge < -0.3 is 9.88 Å². The lowest BCUT2D eigenvalue weighted by atomic mass is 10.0. The molecule has 0 aliphatic carbocycles. The summed E-state index contributed by atoms with van der Waals surface area (Å²) >= 11 is 0. The molecule has 0 spiro atoms. The minimum atomic E-state index is 0.0145. The van der Waals surface area contributed by atoms with Crippen molar-refractivity contribution in [2.45, 2.75) is 52.2 Å². The number of anilines is 2. The first-order valence-electron chi connectivity index (χ1n) is 12.4. The standard InChI is InChI=1S/C29H34N4O/c1-4-28(32(23-11-7-5-8-12-23)24-13-9-6-10-14-24)31-17-15-25(16-18-31)33-27-20-22(3)21(2)19-26(27)30-29(33)34/h5-14,19-20,25,28H,4,15-18H2,1-3H3,(H,30,34). The van der Waals surface area contributed by atoms with Crippen molar-refractivity contribution >= 4 is 22.4 Å². The zero-order chi connectivity index (χ0) is 23.7. The van der Waals surface area contributed by atoms with Crippen LogP contribution in [0, 0.1) is 13.8 Å². The van der Waals surface area contributed by atoms with Crippen LogP contribution in [0.25, 0.3) is 11.0 Å². The summed E-state index contributed by atoms with van der Waals surface area (Å²) in [5.74, 6) is 0. The Morgan fingerprint density at radius 3 is 2.03 bits per heavy atom. The minimum absolute atomic E-state index is 0.0145. The quantitative estimate of drug-likeness (QED) is 0.380. The molecule has 5 heteroatoms. The smallest absolute Gasteiger partial charge is 0.325 e. The molecule has 3 aromatic carbocycles. The second kappa shape index (κ2) is 9.51. The Morgan fingerprint density at radius 2 is 1.47 bits per heavy atom. The summed E-state index contributed by atoms with van der Waals surface area (Å²) in [6.07, 6.45) is 3.21. The van der Waals surface area contributed by atoms with Crippen LogP contribution in [-0.2, 0) is 0 Å². The zero-order valence-corrected chi connectivity index (χ0v) is 20.4. The van der Waals surface area contributed by atoms with Crippen LogP contribution in [0.2, 0.25) is 0 Å². The highest BCUT2D eigenvalue weighted by molar-refractivity contribution is 5.77. The van der Waals surface area contributed by atoms with Crippen LogP contribution in [0.4, 0.5) is 11.4 Å². The highest BCUT2D eigenvalue weighted by Gasteiger charge is 2.31. The van der Waals surface area contributed by atoms with Gasteiger partial charge in [0, 0.05) is 30.5 Å². The van der Waals surface area contributed by atoms with Crippen molar-refractivity contribution in [2.24, 2.45) is 0 Å². The molecule has 0 bridgehead atoms. The largest absolute Gasteiger partial charge is 0.326 e. The fraction of sp³-hybridized carbons (Fsp3) is 0.345. The molecule has 0 saturated carbocycles. The zero-order valence-electron chi connectivity index (χ0n) is 20.4. The summed E-state index contributed by atoms with van der Waals surface area (Å²) in [5.41, 5.74) is 6.85. The topological polar surface area (TPSA) is 44.3 Å². The van der Waals surface area contributed by atoms with E-state index in [1.807, 2.05) is 4.57 Å². The van der Waals surface area contributed by atoms with Gasteiger partial charge in [-0.05, 0) is 80.6 Å². The Balaban J connectivity index is 1.41. The predicted molar refractivity (Wildman–Crippen MR) is 141 cm³/mol. The number of benzene rings is 3. The number of aryl methyl sites for hydroxylation is 2. The van der Waals surface area contributed by atoms with Gasteiger partial charge in [-0.2, -0.15) is 0 Å². The molecule has 5 nitrogen and oxygen atoms in total. The first-order valence-corrected chi connectivity index (χ1v) is 12.4. The van der Waals surface area contributed by atoms with Crippen LogP contribution >= 0.6 is 0 Å². The Kier molecular flexibility index (Phi) is 6.29. The number of piperidine rings is 1. The van der Waals surface area contributed by atoms with Crippen molar-refractivity contribution in [1.29, 1.82) is 0 Å². The fourth-order valence-electron chi connectivity index (χ4n) is 5.46. The maximum atomic E-state index is 12.9. The molecule has 1 unspecified atom stereocenters. The van der Waals surface area contributed by atoms with Gasteiger partial charge in [0.2, 0.25) is 0 Å². The summed E-state index contributed by atoms with van der Waals surface area (Å²) in [6.45, 7) is 8.41. The van der Waals surface area contributed by atoms with E-state index in [0.717, 1.165) is 43.4 Å². The average Bonchev–Trinajstić information content (AvgIpc) is 3.18. The molecular weight excluding hydrogens is 420 g/mol. The molecule has 1 aliphatic heterocycles. The van der Waals surface area contributed by atoms with Gasteiger partial charge >= 0.3 is 5.69 Å². The van der Waals surface area contributed by atoms with Crippen LogP contribution < -0.4 is 10.6 Å². The second-order valence-corrected chi connectivity index (χ2v) is 9.45. The number of aromatic nitrogens is 2. The maximum Gasteiger partial charge on any atom is 0.326 e. The van der Waals surface area contributed by atoms with Crippen molar-refractivity contribution in [3.05, 3.63) is 94.4 Å². The Bertz CT molecular complexity index is 1260. The van der Waals surface area contributed by atoms with E-state index in [2.05, 4.69) is 108 Å². The van der Waals surface area contributed by atoms with Crippen LogP contribution in [0.1, 0.15) is 43.4 Å².